The van der Waals surface area contributed by atoms with Crippen LogP contribution >= 0.6 is 11.8 Å². The number of amides is 3. The zero-order chi connectivity index (χ0) is 18.1. The Kier molecular flexibility index (Phi) is 3.41. The number of thioether (sulfide) groups is 1. The summed E-state index contributed by atoms with van der Waals surface area (Å²) in [6, 6.07) is 4.18. The molecule has 0 saturated carbocycles. The smallest absolute Gasteiger partial charge is 0.290 e. The zero-order valence-electron chi connectivity index (χ0n) is 14.7. The van der Waals surface area contributed by atoms with E-state index >= 15 is 0 Å². The number of nitrogens with one attached hydrogen (secondary N) is 1. The minimum Gasteiger partial charge on any atom is -0.302 e. The lowest BCUT2D eigenvalue weighted by Crippen LogP contribution is -2.49. The molecule has 0 aromatic heterocycles. The Morgan fingerprint density at radius 1 is 1.28 bits per heavy atom. The van der Waals surface area contributed by atoms with Gasteiger partial charge in [0.05, 0.1) is 16.2 Å². The van der Waals surface area contributed by atoms with Crippen LogP contribution in [0, 0.1) is 0 Å². The van der Waals surface area contributed by atoms with Gasteiger partial charge < -0.3 is 4.90 Å². The van der Waals surface area contributed by atoms with Crippen LogP contribution in [0.15, 0.2) is 17.0 Å². The standard InChI is InChI=1S/C19H20N2O3S/c1-5-10-6-11-9(2)8-19(3,4)21-14(11)12(7-10)13(17(21)23)15-16(22)20-18(24)25-15/h6-7,9H,5,8H2,1-4H3,(H,20,22,24)/b15-13+/t9-/m1/s1. The molecule has 3 aliphatic heterocycles. The third kappa shape index (κ3) is 2.20. The maximum absolute atomic E-state index is 13.3. The number of hydrogen-bond donors (Lipinski definition) is 1. The molecule has 6 heteroatoms. The van der Waals surface area contributed by atoms with Gasteiger partial charge in [0, 0.05) is 11.1 Å². The maximum Gasteiger partial charge on any atom is 0.290 e. The minimum atomic E-state index is -0.472. The first-order valence-corrected chi connectivity index (χ1v) is 9.35. The van der Waals surface area contributed by atoms with E-state index in [4.69, 9.17) is 0 Å². The monoisotopic (exact) mass is 356 g/mol. The molecule has 1 N–H and O–H groups in total. The second-order valence-electron chi connectivity index (χ2n) is 7.54. The number of anilines is 1. The molecule has 4 rings (SSSR count). The van der Waals surface area contributed by atoms with Crippen molar-refractivity contribution in [3.05, 3.63) is 33.7 Å². The van der Waals surface area contributed by atoms with Crippen molar-refractivity contribution in [3.8, 4) is 0 Å². The van der Waals surface area contributed by atoms with Crippen molar-refractivity contribution in [2.45, 2.75) is 52.0 Å². The van der Waals surface area contributed by atoms with E-state index in [1.54, 1.807) is 0 Å². The zero-order valence-corrected chi connectivity index (χ0v) is 15.5. The van der Waals surface area contributed by atoms with E-state index in [1.165, 1.54) is 0 Å². The summed E-state index contributed by atoms with van der Waals surface area (Å²) >= 11 is 0.824. The fraction of sp³-hybridized carbons (Fsp3) is 0.421. The number of carbonyl (C=O) groups excluding carboxylic acids is 3. The summed E-state index contributed by atoms with van der Waals surface area (Å²) in [6.07, 6.45) is 1.71. The van der Waals surface area contributed by atoms with Gasteiger partial charge in [-0.05, 0) is 61.6 Å². The Bertz CT molecular complexity index is 885. The normalized spacial score (nSPS) is 27.0. The molecule has 1 saturated heterocycles. The van der Waals surface area contributed by atoms with Gasteiger partial charge in [-0.15, -0.1) is 0 Å². The second kappa shape index (κ2) is 5.21. The fourth-order valence-corrected chi connectivity index (χ4v) is 5.07. The molecule has 0 aliphatic carbocycles. The van der Waals surface area contributed by atoms with Crippen molar-refractivity contribution in [2.75, 3.05) is 4.90 Å². The van der Waals surface area contributed by atoms with Crippen molar-refractivity contribution >= 4 is 40.1 Å². The van der Waals surface area contributed by atoms with E-state index in [2.05, 4.69) is 39.1 Å². The number of nitrogens with zero attached hydrogens (tertiary/aromatic N) is 1. The lowest BCUT2D eigenvalue weighted by Gasteiger charge is -2.43. The molecule has 1 aromatic carbocycles. The fourth-order valence-electron chi connectivity index (χ4n) is 4.29. The van der Waals surface area contributed by atoms with Crippen molar-refractivity contribution in [1.82, 2.24) is 5.32 Å². The average molecular weight is 356 g/mol. The largest absolute Gasteiger partial charge is 0.302 e. The molecule has 130 valence electrons. The van der Waals surface area contributed by atoms with Crippen molar-refractivity contribution < 1.29 is 14.4 Å². The Balaban J connectivity index is 2.06. The summed E-state index contributed by atoms with van der Waals surface area (Å²) in [5.41, 5.74) is 4.06. The Hall–Kier alpha value is -2.08. The van der Waals surface area contributed by atoms with Gasteiger partial charge in [-0.2, -0.15) is 0 Å². The Morgan fingerprint density at radius 3 is 2.60 bits per heavy atom. The molecule has 3 aliphatic rings. The molecule has 0 bridgehead atoms. The summed E-state index contributed by atoms with van der Waals surface area (Å²) < 4.78 is 0. The van der Waals surface area contributed by atoms with Crippen LogP contribution in [-0.2, 0) is 16.0 Å². The number of imide groups is 1. The quantitative estimate of drug-likeness (QED) is 0.781. The van der Waals surface area contributed by atoms with Crippen molar-refractivity contribution in [1.29, 1.82) is 0 Å². The second-order valence-corrected chi connectivity index (χ2v) is 8.52. The van der Waals surface area contributed by atoms with E-state index in [-0.39, 0.29) is 16.4 Å². The molecule has 0 spiro atoms. The van der Waals surface area contributed by atoms with Crippen LogP contribution < -0.4 is 10.2 Å². The molecular formula is C19H20N2O3S. The first-order chi connectivity index (χ1) is 11.7. The van der Waals surface area contributed by atoms with Gasteiger partial charge in [-0.3, -0.25) is 19.7 Å². The highest BCUT2D eigenvalue weighted by Gasteiger charge is 2.49. The number of hydrogen-bond acceptors (Lipinski definition) is 4. The SMILES string of the molecule is CCc1cc2c3c(c1)[C@H](C)CC(C)(C)N3C(=O)/C2=C1/SC(=O)NC1=O. The topological polar surface area (TPSA) is 66.5 Å². The summed E-state index contributed by atoms with van der Waals surface area (Å²) in [6.45, 7) is 8.38. The van der Waals surface area contributed by atoms with Crippen LogP contribution in [0.2, 0.25) is 0 Å². The lowest BCUT2D eigenvalue weighted by atomic mass is 9.79. The predicted molar refractivity (Wildman–Crippen MR) is 98.5 cm³/mol. The molecule has 1 fully saturated rings. The Morgan fingerprint density at radius 2 is 2.00 bits per heavy atom. The van der Waals surface area contributed by atoms with Crippen molar-refractivity contribution in [2.24, 2.45) is 0 Å². The first kappa shape index (κ1) is 16.4. The van der Waals surface area contributed by atoms with E-state index in [0.717, 1.165) is 47.0 Å². The molecular weight excluding hydrogens is 336 g/mol. The van der Waals surface area contributed by atoms with Crippen LogP contribution in [-0.4, -0.2) is 22.6 Å². The predicted octanol–water partition coefficient (Wildman–Crippen LogP) is 3.58. The van der Waals surface area contributed by atoms with Gasteiger partial charge in [0.15, 0.2) is 0 Å². The summed E-state index contributed by atoms with van der Waals surface area (Å²) in [5, 5.41) is 1.85. The van der Waals surface area contributed by atoms with Gasteiger partial charge in [0.25, 0.3) is 17.1 Å². The maximum atomic E-state index is 13.3. The van der Waals surface area contributed by atoms with Crippen LogP contribution in [0.4, 0.5) is 10.5 Å². The van der Waals surface area contributed by atoms with Gasteiger partial charge in [0.1, 0.15) is 0 Å². The van der Waals surface area contributed by atoms with E-state index in [9.17, 15) is 14.4 Å². The number of aryl methyl sites for hydroxylation is 1. The Labute approximate surface area is 150 Å². The summed E-state index contributed by atoms with van der Waals surface area (Å²) in [7, 11) is 0. The van der Waals surface area contributed by atoms with E-state index in [0.29, 0.717) is 11.5 Å². The van der Waals surface area contributed by atoms with Gasteiger partial charge in [-0.1, -0.05) is 19.9 Å². The molecule has 0 radical (unpaired) electrons. The summed E-state index contributed by atoms with van der Waals surface area (Å²) in [4.78, 5) is 39.2. The third-order valence-corrected chi connectivity index (χ3v) is 6.18. The highest BCUT2D eigenvalue weighted by molar-refractivity contribution is 8.18. The highest BCUT2D eigenvalue weighted by Crippen LogP contribution is 2.53. The molecule has 1 atom stereocenters. The van der Waals surface area contributed by atoms with Crippen molar-refractivity contribution in [3.63, 3.8) is 0 Å². The third-order valence-electron chi connectivity index (χ3n) is 5.30. The summed E-state index contributed by atoms with van der Waals surface area (Å²) in [5.74, 6) is -0.316. The molecule has 25 heavy (non-hydrogen) atoms. The van der Waals surface area contributed by atoms with Gasteiger partial charge in [-0.25, -0.2) is 0 Å². The van der Waals surface area contributed by atoms with Crippen LogP contribution in [0.1, 0.15) is 56.7 Å². The van der Waals surface area contributed by atoms with Crippen LogP contribution in [0.3, 0.4) is 0 Å². The van der Waals surface area contributed by atoms with E-state index < -0.39 is 11.1 Å². The van der Waals surface area contributed by atoms with E-state index in [1.807, 2.05) is 11.0 Å². The molecule has 3 amide bonds. The number of carbonyl (C=O) groups is 3. The van der Waals surface area contributed by atoms with Gasteiger partial charge >= 0.3 is 0 Å². The minimum absolute atomic E-state index is 0.172. The van der Waals surface area contributed by atoms with Crippen LogP contribution in [0.25, 0.3) is 5.57 Å². The molecule has 0 unspecified atom stereocenters. The molecule has 5 nitrogen and oxygen atoms in total. The number of benzene rings is 1. The van der Waals surface area contributed by atoms with Gasteiger partial charge in [0.2, 0.25) is 0 Å². The van der Waals surface area contributed by atoms with Crippen LogP contribution in [0.5, 0.6) is 0 Å². The lowest BCUT2D eigenvalue weighted by molar-refractivity contribution is -0.116. The average Bonchev–Trinajstić information content (AvgIpc) is 3.00. The molecule has 1 aromatic rings. The first-order valence-electron chi connectivity index (χ1n) is 8.53. The number of rotatable bonds is 1. The molecule has 3 heterocycles. The highest BCUT2D eigenvalue weighted by atomic mass is 32.2.